The van der Waals surface area contributed by atoms with Gasteiger partial charge in [-0.15, -0.1) is 0 Å². The standard InChI is InChI=1S/C17H21FN4O/c1-12-8-13(2-4-15(12)18)16-10-21(6-7-23-16)9-14-3-5-17-19-11-20-22(14)17/h2,4,8,11,14,16H,3,5-7,9-10H2,1H3. The topological polar surface area (TPSA) is 43.2 Å². The Kier molecular flexibility index (Phi) is 3.87. The second kappa shape index (κ2) is 6.02. The van der Waals surface area contributed by atoms with Crippen LogP contribution in [-0.2, 0) is 11.2 Å². The van der Waals surface area contributed by atoms with Gasteiger partial charge >= 0.3 is 0 Å². The second-order valence-electron chi connectivity index (χ2n) is 6.44. The van der Waals surface area contributed by atoms with E-state index in [1.807, 2.05) is 12.1 Å². The predicted molar refractivity (Wildman–Crippen MR) is 83.7 cm³/mol. The summed E-state index contributed by atoms with van der Waals surface area (Å²) in [6, 6.07) is 5.67. The van der Waals surface area contributed by atoms with E-state index in [1.165, 1.54) is 6.07 Å². The minimum atomic E-state index is -0.161. The highest BCUT2D eigenvalue weighted by molar-refractivity contribution is 5.26. The lowest BCUT2D eigenvalue weighted by Gasteiger charge is -2.34. The van der Waals surface area contributed by atoms with E-state index in [-0.39, 0.29) is 11.9 Å². The van der Waals surface area contributed by atoms with E-state index >= 15 is 0 Å². The number of halogens is 1. The highest BCUT2D eigenvalue weighted by Crippen LogP contribution is 2.28. The molecule has 122 valence electrons. The number of rotatable bonds is 3. The quantitative estimate of drug-likeness (QED) is 0.871. The Bertz CT molecular complexity index is 702. The Morgan fingerprint density at radius 1 is 1.39 bits per heavy atom. The van der Waals surface area contributed by atoms with Gasteiger partial charge in [-0.25, -0.2) is 14.1 Å². The molecule has 5 nitrogen and oxygen atoms in total. The third-order valence-corrected chi connectivity index (χ3v) is 4.87. The summed E-state index contributed by atoms with van der Waals surface area (Å²) in [4.78, 5) is 6.72. The fraction of sp³-hybridized carbons (Fsp3) is 0.529. The number of aromatic nitrogens is 3. The van der Waals surface area contributed by atoms with Crippen molar-refractivity contribution in [1.82, 2.24) is 19.7 Å². The van der Waals surface area contributed by atoms with Gasteiger partial charge in [0.25, 0.3) is 0 Å². The van der Waals surface area contributed by atoms with Crippen molar-refractivity contribution in [3.8, 4) is 0 Å². The monoisotopic (exact) mass is 316 g/mol. The van der Waals surface area contributed by atoms with E-state index in [0.717, 1.165) is 43.9 Å². The van der Waals surface area contributed by atoms with E-state index in [4.69, 9.17) is 4.74 Å². The van der Waals surface area contributed by atoms with Gasteiger partial charge in [0.1, 0.15) is 18.0 Å². The Hall–Kier alpha value is -1.79. The average Bonchev–Trinajstić information content (AvgIpc) is 3.16. The third kappa shape index (κ3) is 2.88. The van der Waals surface area contributed by atoms with Gasteiger partial charge in [0, 0.05) is 26.1 Å². The van der Waals surface area contributed by atoms with Crippen molar-refractivity contribution in [3.63, 3.8) is 0 Å². The first-order valence-corrected chi connectivity index (χ1v) is 8.19. The highest BCUT2D eigenvalue weighted by Gasteiger charge is 2.29. The number of nitrogens with zero attached hydrogens (tertiary/aromatic N) is 4. The third-order valence-electron chi connectivity index (χ3n) is 4.87. The van der Waals surface area contributed by atoms with Crippen LogP contribution in [0.2, 0.25) is 0 Å². The van der Waals surface area contributed by atoms with Crippen LogP contribution in [0.4, 0.5) is 4.39 Å². The average molecular weight is 316 g/mol. The first-order valence-electron chi connectivity index (χ1n) is 8.19. The molecule has 0 bridgehead atoms. The molecule has 2 aliphatic heterocycles. The zero-order valence-electron chi connectivity index (χ0n) is 13.3. The SMILES string of the molecule is Cc1cc(C2CN(CC3CCc4ncnn43)CCO2)ccc1F. The number of fused-ring (bicyclic) bond motifs is 1. The van der Waals surface area contributed by atoms with E-state index < -0.39 is 0 Å². The molecule has 0 N–H and O–H groups in total. The molecule has 1 saturated heterocycles. The lowest BCUT2D eigenvalue weighted by Crippen LogP contribution is -2.41. The molecule has 0 aliphatic carbocycles. The molecular formula is C17H21FN4O. The van der Waals surface area contributed by atoms with Gasteiger partial charge in [0.15, 0.2) is 0 Å². The fourth-order valence-electron chi connectivity index (χ4n) is 3.58. The van der Waals surface area contributed by atoms with Crippen LogP contribution in [-0.4, -0.2) is 45.9 Å². The molecule has 1 fully saturated rings. The Labute approximate surface area is 135 Å². The number of morpholine rings is 1. The number of hydrogen-bond acceptors (Lipinski definition) is 4. The highest BCUT2D eigenvalue weighted by atomic mass is 19.1. The van der Waals surface area contributed by atoms with E-state index in [0.29, 0.717) is 18.2 Å². The van der Waals surface area contributed by atoms with Gasteiger partial charge in [-0.2, -0.15) is 5.10 Å². The van der Waals surface area contributed by atoms with Crippen molar-refractivity contribution in [2.75, 3.05) is 26.2 Å². The second-order valence-corrected chi connectivity index (χ2v) is 6.44. The van der Waals surface area contributed by atoms with Crippen LogP contribution >= 0.6 is 0 Å². The van der Waals surface area contributed by atoms with Crippen molar-refractivity contribution in [2.45, 2.75) is 31.9 Å². The minimum absolute atomic E-state index is 0.0136. The number of aryl methyl sites for hydroxylation is 2. The summed E-state index contributed by atoms with van der Waals surface area (Å²) in [6.07, 6.45) is 3.77. The molecule has 3 heterocycles. The molecule has 0 amide bonds. The fourth-order valence-corrected chi connectivity index (χ4v) is 3.58. The summed E-state index contributed by atoms with van der Waals surface area (Å²) in [7, 11) is 0. The molecule has 0 saturated carbocycles. The van der Waals surface area contributed by atoms with Crippen molar-refractivity contribution in [3.05, 3.63) is 47.3 Å². The summed E-state index contributed by atoms with van der Waals surface area (Å²) < 4.78 is 21.4. The van der Waals surface area contributed by atoms with Crippen molar-refractivity contribution < 1.29 is 9.13 Å². The van der Waals surface area contributed by atoms with E-state index in [1.54, 1.807) is 13.3 Å². The van der Waals surface area contributed by atoms with E-state index in [2.05, 4.69) is 19.7 Å². The van der Waals surface area contributed by atoms with Gasteiger partial charge in [-0.1, -0.05) is 12.1 Å². The predicted octanol–water partition coefficient (Wildman–Crippen LogP) is 2.29. The molecular weight excluding hydrogens is 295 g/mol. The van der Waals surface area contributed by atoms with Crippen LogP contribution in [0.3, 0.4) is 0 Å². The molecule has 2 unspecified atom stereocenters. The van der Waals surface area contributed by atoms with Gasteiger partial charge in [-0.3, -0.25) is 4.90 Å². The normalized spacial score (nSPS) is 24.8. The number of benzene rings is 1. The summed E-state index contributed by atoms with van der Waals surface area (Å²) in [5.41, 5.74) is 1.73. The summed E-state index contributed by atoms with van der Waals surface area (Å²) in [6.45, 7) is 5.24. The van der Waals surface area contributed by atoms with Crippen LogP contribution in [0.15, 0.2) is 24.5 Å². The molecule has 2 aromatic rings. The van der Waals surface area contributed by atoms with Crippen LogP contribution in [0.1, 0.15) is 35.5 Å². The maximum absolute atomic E-state index is 13.5. The zero-order chi connectivity index (χ0) is 15.8. The van der Waals surface area contributed by atoms with Gasteiger partial charge < -0.3 is 4.74 Å². The van der Waals surface area contributed by atoms with Crippen LogP contribution in [0.25, 0.3) is 0 Å². The molecule has 0 spiro atoms. The summed E-state index contributed by atoms with van der Waals surface area (Å²) in [5.74, 6) is 0.931. The van der Waals surface area contributed by atoms with Crippen LogP contribution in [0.5, 0.6) is 0 Å². The van der Waals surface area contributed by atoms with Crippen LogP contribution < -0.4 is 0 Å². The smallest absolute Gasteiger partial charge is 0.138 e. The largest absolute Gasteiger partial charge is 0.371 e. The van der Waals surface area contributed by atoms with Crippen molar-refractivity contribution in [2.24, 2.45) is 0 Å². The van der Waals surface area contributed by atoms with Gasteiger partial charge in [0.05, 0.1) is 18.8 Å². The van der Waals surface area contributed by atoms with E-state index in [9.17, 15) is 4.39 Å². The first-order chi connectivity index (χ1) is 11.2. The lowest BCUT2D eigenvalue weighted by atomic mass is 10.0. The molecule has 6 heteroatoms. The zero-order valence-corrected chi connectivity index (χ0v) is 13.3. The number of ether oxygens (including phenoxy) is 1. The summed E-state index contributed by atoms with van der Waals surface area (Å²) >= 11 is 0. The van der Waals surface area contributed by atoms with Crippen LogP contribution in [0, 0.1) is 12.7 Å². The molecule has 4 rings (SSSR count). The Balaban J connectivity index is 1.44. The molecule has 1 aromatic heterocycles. The Morgan fingerprint density at radius 2 is 2.30 bits per heavy atom. The maximum atomic E-state index is 13.5. The lowest BCUT2D eigenvalue weighted by molar-refractivity contribution is -0.0340. The van der Waals surface area contributed by atoms with Gasteiger partial charge in [0.2, 0.25) is 0 Å². The molecule has 2 aliphatic rings. The first kappa shape index (κ1) is 14.8. The number of hydrogen-bond donors (Lipinski definition) is 0. The molecule has 23 heavy (non-hydrogen) atoms. The summed E-state index contributed by atoms with van der Waals surface area (Å²) in [5, 5.41) is 4.35. The minimum Gasteiger partial charge on any atom is -0.371 e. The molecule has 2 atom stereocenters. The van der Waals surface area contributed by atoms with Crippen molar-refractivity contribution in [1.29, 1.82) is 0 Å². The molecule has 1 aromatic carbocycles. The molecule has 0 radical (unpaired) electrons. The van der Waals surface area contributed by atoms with Gasteiger partial charge in [-0.05, 0) is 30.5 Å². The van der Waals surface area contributed by atoms with Crippen molar-refractivity contribution >= 4 is 0 Å². The Morgan fingerprint density at radius 3 is 3.17 bits per heavy atom. The maximum Gasteiger partial charge on any atom is 0.138 e.